The molecule has 2 bridgehead atoms. The molecule has 22 heavy (non-hydrogen) atoms. The van der Waals surface area contributed by atoms with Gasteiger partial charge in [-0.05, 0) is 49.7 Å². The van der Waals surface area contributed by atoms with Gasteiger partial charge in [-0.15, -0.1) is 0 Å². The van der Waals surface area contributed by atoms with Gasteiger partial charge in [0.25, 0.3) is 15.9 Å². The Morgan fingerprint density at radius 2 is 1.86 bits per heavy atom. The van der Waals surface area contributed by atoms with E-state index in [1.807, 2.05) is 0 Å². The molecule has 0 spiro atoms. The molecule has 3 rings (SSSR count). The van der Waals surface area contributed by atoms with Crippen LogP contribution in [0.3, 0.4) is 0 Å². The van der Waals surface area contributed by atoms with E-state index in [0.717, 1.165) is 25.7 Å². The molecule has 1 heterocycles. The van der Waals surface area contributed by atoms with Crippen LogP contribution in [-0.2, 0) is 10.0 Å². The highest BCUT2D eigenvalue weighted by molar-refractivity contribution is 7.89. The molecule has 1 aromatic rings. The van der Waals surface area contributed by atoms with Crippen LogP contribution in [0.15, 0.2) is 21.6 Å². The van der Waals surface area contributed by atoms with Crippen LogP contribution in [0.4, 0.5) is 0 Å². The molecule has 0 aliphatic heterocycles. The molecule has 0 aromatic carbocycles. The summed E-state index contributed by atoms with van der Waals surface area (Å²) in [6.07, 6.45) is 5.14. The third-order valence-corrected chi connectivity index (χ3v) is 5.54. The first-order chi connectivity index (χ1) is 10.3. The van der Waals surface area contributed by atoms with Gasteiger partial charge in [0.05, 0.1) is 0 Å². The van der Waals surface area contributed by atoms with E-state index in [2.05, 4.69) is 5.32 Å². The Bertz CT molecular complexity index is 655. The second-order valence-corrected chi connectivity index (χ2v) is 7.84. The lowest BCUT2D eigenvalue weighted by atomic mass is 9.67. The molecule has 2 fully saturated rings. The molecular formula is C14H21N3O4S. The summed E-state index contributed by atoms with van der Waals surface area (Å²) in [4.78, 5) is 12.3. The van der Waals surface area contributed by atoms with E-state index < -0.39 is 21.0 Å². The lowest BCUT2D eigenvalue weighted by Gasteiger charge is -2.45. The number of carbonyl (C=O) groups is 1. The lowest BCUT2D eigenvalue weighted by molar-refractivity contribution is 0.0728. The third-order valence-electron chi connectivity index (χ3n) is 4.76. The smallest absolute Gasteiger partial charge is 0.287 e. The van der Waals surface area contributed by atoms with Crippen LogP contribution in [-0.4, -0.2) is 26.4 Å². The zero-order valence-electron chi connectivity index (χ0n) is 12.2. The van der Waals surface area contributed by atoms with Crippen molar-refractivity contribution in [3.05, 3.63) is 17.9 Å². The van der Waals surface area contributed by atoms with Gasteiger partial charge in [-0.2, -0.15) is 0 Å². The van der Waals surface area contributed by atoms with Crippen LogP contribution in [0.25, 0.3) is 0 Å². The molecule has 2 atom stereocenters. The Morgan fingerprint density at radius 3 is 2.41 bits per heavy atom. The molecule has 1 amide bonds. The Labute approximate surface area is 129 Å². The number of rotatable bonds is 3. The van der Waals surface area contributed by atoms with E-state index in [1.54, 1.807) is 0 Å². The number of primary sulfonamides is 1. The molecule has 1 aromatic heterocycles. The first-order valence-electron chi connectivity index (χ1n) is 7.53. The molecule has 122 valence electrons. The van der Waals surface area contributed by atoms with Crippen LogP contribution < -0.4 is 16.2 Å². The normalized spacial score (nSPS) is 31.7. The largest absolute Gasteiger partial charge is 0.438 e. The van der Waals surface area contributed by atoms with Gasteiger partial charge in [0, 0.05) is 12.1 Å². The van der Waals surface area contributed by atoms with Gasteiger partial charge < -0.3 is 15.5 Å². The first-order valence-corrected chi connectivity index (χ1v) is 9.08. The molecule has 2 aliphatic carbocycles. The summed E-state index contributed by atoms with van der Waals surface area (Å²) in [6, 6.07) is 2.83. The van der Waals surface area contributed by atoms with Crippen molar-refractivity contribution >= 4 is 15.9 Å². The fraction of sp³-hybridized carbons (Fsp3) is 0.643. The second kappa shape index (κ2) is 5.68. The molecule has 2 unspecified atom stereocenters. The Hall–Kier alpha value is -1.38. The molecule has 8 heteroatoms. The van der Waals surface area contributed by atoms with E-state index in [1.165, 1.54) is 18.6 Å². The van der Waals surface area contributed by atoms with Gasteiger partial charge in [0.1, 0.15) is 0 Å². The van der Waals surface area contributed by atoms with Crippen LogP contribution in [0.2, 0.25) is 0 Å². The number of sulfonamides is 1. The Morgan fingerprint density at radius 1 is 1.23 bits per heavy atom. The maximum Gasteiger partial charge on any atom is 0.287 e. The molecular weight excluding hydrogens is 306 g/mol. The minimum atomic E-state index is -3.93. The summed E-state index contributed by atoms with van der Waals surface area (Å²) >= 11 is 0. The van der Waals surface area contributed by atoms with Crippen molar-refractivity contribution in [1.29, 1.82) is 0 Å². The van der Waals surface area contributed by atoms with Crippen molar-refractivity contribution in [3.8, 4) is 0 Å². The summed E-state index contributed by atoms with van der Waals surface area (Å²) in [5, 5.41) is 7.58. The molecule has 2 saturated carbocycles. The third kappa shape index (κ3) is 3.04. The van der Waals surface area contributed by atoms with Crippen LogP contribution in [0.1, 0.15) is 42.7 Å². The summed E-state index contributed by atoms with van der Waals surface area (Å²) < 4.78 is 27.4. The number of carbonyl (C=O) groups excluding carboxylic acids is 1. The van der Waals surface area contributed by atoms with E-state index >= 15 is 0 Å². The minimum absolute atomic E-state index is 0.0306. The van der Waals surface area contributed by atoms with Crippen molar-refractivity contribution in [1.82, 2.24) is 5.32 Å². The summed E-state index contributed by atoms with van der Waals surface area (Å²) in [5.74, 6) is 0.350. The predicted molar refractivity (Wildman–Crippen MR) is 79.4 cm³/mol. The highest BCUT2D eigenvalue weighted by Gasteiger charge is 2.40. The maximum absolute atomic E-state index is 12.3. The fourth-order valence-corrected chi connectivity index (χ4v) is 4.31. The van der Waals surface area contributed by atoms with Crippen LogP contribution >= 0.6 is 0 Å². The standard InChI is InChI=1S/C14H21N3O4S/c15-10-6-8-2-1-3-9(7-10)13(8)17-14(18)11-4-5-12(21-11)22(16,19)20/h4-5,8-10,13H,1-3,6-7,15H2,(H,17,18)(H2,16,19,20). The average molecular weight is 327 g/mol. The van der Waals surface area contributed by atoms with Gasteiger partial charge in [-0.1, -0.05) is 6.42 Å². The topological polar surface area (TPSA) is 128 Å². The first kappa shape index (κ1) is 15.5. The lowest BCUT2D eigenvalue weighted by Crippen LogP contribution is -2.53. The number of hydrogen-bond acceptors (Lipinski definition) is 5. The molecule has 5 N–H and O–H groups in total. The number of hydrogen-bond donors (Lipinski definition) is 3. The number of fused-ring (bicyclic) bond motifs is 2. The van der Waals surface area contributed by atoms with Crippen molar-refractivity contribution < 1.29 is 17.6 Å². The highest BCUT2D eigenvalue weighted by atomic mass is 32.2. The van der Waals surface area contributed by atoms with E-state index in [0.29, 0.717) is 11.8 Å². The van der Waals surface area contributed by atoms with Gasteiger partial charge >= 0.3 is 0 Å². The van der Waals surface area contributed by atoms with Crippen molar-refractivity contribution in [2.24, 2.45) is 22.7 Å². The summed E-state index contributed by atoms with van der Waals surface area (Å²) in [6.45, 7) is 0. The minimum Gasteiger partial charge on any atom is -0.438 e. The molecule has 0 radical (unpaired) electrons. The molecule has 2 aliphatic rings. The van der Waals surface area contributed by atoms with Gasteiger partial charge in [-0.3, -0.25) is 4.79 Å². The van der Waals surface area contributed by atoms with Gasteiger partial charge in [0.2, 0.25) is 5.09 Å². The van der Waals surface area contributed by atoms with E-state index in [9.17, 15) is 13.2 Å². The number of nitrogens with one attached hydrogen (secondary N) is 1. The van der Waals surface area contributed by atoms with Crippen LogP contribution in [0, 0.1) is 11.8 Å². The van der Waals surface area contributed by atoms with Crippen molar-refractivity contribution in [2.45, 2.75) is 49.3 Å². The molecule has 7 nitrogen and oxygen atoms in total. The summed E-state index contributed by atoms with van der Waals surface area (Å²) in [5.41, 5.74) is 6.07. The van der Waals surface area contributed by atoms with E-state index in [4.69, 9.17) is 15.3 Å². The zero-order chi connectivity index (χ0) is 15.9. The second-order valence-electron chi connectivity index (χ2n) is 6.35. The Balaban J connectivity index is 1.73. The van der Waals surface area contributed by atoms with E-state index in [-0.39, 0.29) is 17.8 Å². The number of furan rings is 1. The quantitative estimate of drug-likeness (QED) is 0.747. The SMILES string of the molecule is NC1CC2CCCC(C1)C2NC(=O)c1ccc(S(N)(=O)=O)o1. The van der Waals surface area contributed by atoms with Crippen molar-refractivity contribution in [2.75, 3.05) is 0 Å². The predicted octanol–water partition coefficient (Wildman–Crippen LogP) is 0.563. The summed E-state index contributed by atoms with van der Waals surface area (Å²) in [7, 11) is -3.93. The fourth-order valence-electron chi connectivity index (χ4n) is 3.84. The number of nitrogens with two attached hydrogens (primary N) is 2. The molecule has 0 saturated heterocycles. The average Bonchev–Trinajstić information content (AvgIpc) is 2.89. The monoisotopic (exact) mass is 327 g/mol. The van der Waals surface area contributed by atoms with Gasteiger partial charge in [0.15, 0.2) is 5.76 Å². The highest BCUT2D eigenvalue weighted by Crippen LogP contribution is 2.39. The van der Waals surface area contributed by atoms with Crippen LogP contribution in [0.5, 0.6) is 0 Å². The number of amides is 1. The zero-order valence-corrected chi connectivity index (χ0v) is 13.0. The Kier molecular flexibility index (Phi) is 4.00. The maximum atomic E-state index is 12.3. The van der Waals surface area contributed by atoms with Crippen molar-refractivity contribution in [3.63, 3.8) is 0 Å². The van der Waals surface area contributed by atoms with Gasteiger partial charge in [-0.25, -0.2) is 13.6 Å².